The molecular formula is C9H11N3O2. The molecular weight excluding hydrogens is 182 g/mol. The van der Waals surface area contributed by atoms with Crippen molar-refractivity contribution < 1.29 is 9.90 Å². The van der Waals surface area contributed by atoms with E-state index in [1.807, 2.05) is 0 Å². The Hall–Kier alpha value is -1.91. The third-order valence-corrected chi connectivity index (χ3v) is 1.39. The Labute approximate surface area is 81.5 Å². The van der Waals surface area contributed by atoms with Crippen molar-refractivity contribution in [2.45, 2.75) is 6.92 Å². The molecule has 0 saturated carbocycles. The minimum atomic E-state index is -0.0822. The molecule has 1 aromatic rings. The van der Waals surface area contributed by atoms with Crippen molar-refractivity contribution in [2.24, 2.45) is 0 Å². The van der Waals surface area contributed by atoms with Crippen LogP contribution in [0.25, 0.3) is 6.08 Å². The molecule has 5 nitrogen and oxygen atoms in total. The van der Waals surface area contributed by atoms with E-state index < -0.39 is 0 Å². The first-order valence-corrected chi connectivity index (χ1v) is 4.10. The largest absolute Gasteiger partial charge is 0.505 e. The van der Waals surface area contributed by atoms with Crippen LogP contribution < -0.4 is 5.32 Å². The van der Waals surface area contributed by atoms with Crippen molar-refractivity contribution in [3.05, 3.63) is 24.3 Å². The van der Waals surface area contributed by atoms with E-state index in [0.717, 1.165) is 0 Å². The number of aromatic nitrogens is 2. The molecule has 1 rings (SSSR count). The Kier molecular flexibility index (Phi) is 3.60. The predicted octanol–water partition coefficient (Wildman–Crippen LogP) is 0.332. The van der Waals surface area contributed by atoms with Gasteiger partial charge in [0, 0.05) is 13.5 Å². The van der Waals surface area contributed by atoms with E-state index in [1.165, 1.54) is 19.3 Å². The molecule has 0 unspecified atom stereocenters. The number of nitrogens with zero attached hydrogens (tertiary/aromatic N) is 2. The van der Waals surface area contributed by atoms with Gasteiger partial charge in [-0.15, -0.1) is 0 Å². The summed E-state index contributed by atoms with van der Waals surface area (Å²) in [5.41, 5.74) is 0. The number of nitrogens with one attached hydrogen (secondary N) is 1. The summed E-state index contributed by atoms with van der Waals surface area (Å²) < 4.78 is 0. The van der Waals surface area contributed by atoms with Crippen molar-refractivity contribution in [1.82, 2.24) is 15.3 Å². The zero-order valence-corrected chi connectivity index (χ0v) is 7.77. The highest BCUT2D eigenvalue weighted by atomic mass is 16.3. The number of carbonyl (C=O) groups excluding carboxylic acids is 1. The van der Waals surface area contributed by atoms with Crippen molar-refractivity contribution in [2.75, 3.05) is 6.54 Å². The highest BCUT2D eigenvalue weighted by Crippen LogP contribution is 2.02. The number of carbonyl (C=O) groups is 1. The van der Waals surface area contributed by atoms with E-state index >= 15 is 0 Å². The zero-order chi connectivity index (χ0) is 10.4. The SMILES string of the molecule is CC(=O)NCC=Cc1ncc(O)cn1. The average molecular weight is 193 g/mol. The molecule has 1 heterocycles. The molecule has 0 fully saturated rings. The van der Waals surface area contributed by atoms with E-state index in [1.54, 1.807) is 12.2 Å². The first kappa shape index (κ1) is 10.2. The van der Waals surface area contributed by atoms with Crippen LogP contribution >= 0.6 is 0 Å². The molecule has 2 N–H and O–H groups in total. The summed E-state index contributed by atoms with van der Waals surface area (Å²) in [4.78, 5) is 18.2. The minimum absolute atomic E-state index is 0.0315. The standard InChI is InChI=1S/C9H11N3O2/c1-7(13)10-4-2-3-9-11-5-8(14)6-12-9/h2-3,5-6,14H,4H2,1H3,(H,10,13). The predicted molar refractivity (Wildman–Crippen MR) is 51.4 cm³/mol. The summed E-state index contributed by atoms with van der Waals surface area (Å²) in [7, 11) is 0. The van der Waals surface area contributed by atoms with Gasteiger partial charge < -0.3 is 10.4 Å². The van der Waals surface area contributed by atoms with E-state index in [0.29, 0.717) is 12.4 Å². The first-order valence-electron chi connectivity index (χ1n) is 4.10. The van der Waals surface area contributed by atoms with Gasteiger partial charge in [-0.05, 0) is 6.08 Å². The van der Waals surface area contributed by atoms with Crippen molar-refractivity contribution in [1.29, 1.82) is 0 Å². The average Bonchev–Trinajstić information content (AvgIpc) is 2.15. The fourth-order valence-corrected chi connectivity index (χ4v) is 0.784. The molecule has 14 heavy (non-hydrogen) atoms. The van der Waals surface area contributed by atoms with Gasteiger partial charge in [0.25, 0.3) is 0 Å². The van der Waals surface area contributed by atoms with Gasteiger partial charge in [0.2, 0.25) is 5.91 Å². The third kappa shape index (κ3) is 3.66. The number of aromatic hydroxyl groups is 1. The molecule has 0 atom stereocenters. The van der Waals surface area contributed by atoms with E-state index in [2.05, 4.69) is 15.3 Å². The Balaban J connectivity index is 2.44. The lowest BCUT2D eigenvalue weighted by Crippen LogP contribution is -2.19. The van der Waals surface area contributed by atoms with E-state index in [4.69, 9.17) is 5.11 Å². The third-order valence-electron chi connectivity index (χ3n) is 1.39. The maximum absolute atomic E-state index is 10.5. The van der Waals surface area contributed by atoms with Crippen LogP contribution in [0.4, 0.5) is 0 Å². The van der Waals surface area contributed by atoms with Crippen LogP contribution in [0.15, 0.2) is 18.5 Å². The van der Waals surface area contributed by atoms with Crippen molar-refractivity contribution in [3.8, 4) is 5.75 Å². The maximum Gasteiger partial charge on any atom is 0.217 e. The van der Waals surface area contributed by atoms with Gasteiger partial charge in [0.15, 0.2) is 11.6 Å². The molecule has 74 valence electrons. The summed E-state index contributed by atoms with van der Waals surface area (Å²) in [5, 5.41) is 11.5. The lowest BCUT2D eigenvalue weighted by atomic mass is 10.4. The van der Waals surface area contributed by atoms with Gasteiger partial charge in [0.1, 0.15) is 0 Å². The molecule has 1 amide bonds. The monoisotopic (exact) mass is 193 g/mol. The summed E-state index contributed by atoms with van der Waals surface area (Å²) in [6.45, 7) is 1.89. The number of amides is 1. The van der Waals surface area contributed by atoms with Gasteiger partial charge in [-0.3, -0.25) is 4.79 Å². The molecule has 5 heteroatoms. The summed E-state index contributed by atoms with van der Waals surface area (Å²) in [5.74, 6) is 0.443. The number of hydrogen-bond acceptors (Lipinski definition) is 4. The fourth-order valence-electron chi connectivity index (χ4n) is 0.784. The smallest absolute Gasteiger partial charge is 0.217 e. The van der Waals surface area contributed by atoms with Gasteiger partial charge in [-0.2, -0.15) is 0 Å². The van der Waals surface area contributed by atoms with Gasteiger partial charge in [0.05, 0.1) is 12.4 Å². The zero-order valence-electron chi connectivity index (χ0n) is 7.77. The van der Waals surface area contributed by atoms with Crippen molar-refractivity contribution >= 4 is 12.0 Å². The Morgan fingerprint density at radius 3 is 2.79 bits per heavy atom. The van der Waals surface area contributed by atoms with E-state index in [9.17, 15) is 4.79 Å². The second-order valence-corrected chi connectivity index (χ2v) is 2.64. The van der Waals surface area contributed by atoms with Gasteiger partial charge in [-0.1, -0.05) is 6.08 Å². The first-order chi connectivity index (χ1) is 6.68. The van der Waals surface area contributed by atoms with Crippen molar-refractivity contribution in [3.63, 3.8) is 0 Å². The Morgan fingerprint density at radius 2 is 2.21 bits per heavy atom. The second-order valence-electron chi connectivity index (χ2n) is 2.64. The summed E-state index contributed by atoms with van der Waals surface area (Å²) in [6, 6.07) is 0. The van der Waals surface area contributed by atoms with Crippen LogP contribution in [0, 0.1) is 0 Å². The van der Waals surface area contributed by atoms with Crippen LogP contribution in [0.2, 0.25) is 0 Å². The van der Waals surface area contributed by atoms with Crippen LogP contribution in [0.5, 0.6) is 5.75 Å². The molecule has 1 aromatic heterocycles. The summed E-state index contributed by atoms with van der Waals surface area (Å²) >= 11 is 0. The second kappa shape index (κ2) is 4.96. The Morgan fingerprint density at radius 1 is 1.57 bits per heavy atom. The van der Waals surface area contributed by atoms with Crippen LogP contribution in [0.1, 0.15) is 12.7 Å². The molecule has 0 aliphatic carbocycles. The van der Waals surface area contributed by atoms with Crippen LogP contribution in [-0.4, -0.2) is 27.5 Å². The normalized spacial score (nSPS) is 10.4. The Bertz CT molecular complexity index is 332. The topological polar surface area (TPSA) is 75.1 Å². The molecule has 0 spiro atoms. The number of hydrogen-bond donors (Lipinski definition) is 2. The number of rotatable bonds is 3. The summed E-state index contributed by atoms with van der Waals surface area (Å²) in [6.07, 6.45) is 6.01. The lowest BCUT2D eigenvalue weighted by molar-refractivity contribution is -0.118. The highest BCUT2D eigenvalue weighted by molar-refractivity contribution is 5.73. The lowest BCUT2D eigenvalue weighted by Gasteiger charge is -1.94. The molecule has 0 aliphatic heterocycles. The van der Waals surface area contributed by atoms with Crippen LogP contribution in [0.3, 0.4) is 0 Å². The van der Waals surface area contributed by atoms with Gasteiger partial charge in [-0.25, -0.2) is 9.97 Å². The highest BCUT2D eigenvalue weighted by Gasteiger charge is 1.90. The minimum Gasteiger partial charge on any atom is -0.505 e. The molecule has 0 aromatic carbocycles. The molecule has 0 saturated heterocycles. The fraction of sp³-hybridized carbons (Fsp3) is 0.222. The maximum atomic E-state index is 10.5. The van der Waals surface area contributed by atoms with Crippen LogP contribution in [-0.2, 0) is 4.79 Å². The quantitative estimate of drug-likeness (QED) is 0.725. The molecule has 0 radical (unpaired) electrons. The van der Waals surface area contributed by atoms with E-state index in [-0.39, 0.29) is 11.7 Å². The van der Waals surface area contributed by atoms with Gasteiger partial charge >= 0.3 is 0 Å². The molecule has 0 bridgehead atoms. The molecule has 0 aliphatic rings.